The van der Waals surface area contributed by atoms with Crippen molar-refractivity contribution < 1.29 is 19.0 Å². The molecule has 0 radical (unpaired) electrons. The Bertz CT molecular complexity index is 857. The smallest absolute Gasteiger partial charge is 0.255 e. The fourth-order valence-electron chi connectivity index (χ4n) is 3.41. The third kappa shape index (κ3) is 4.70. The molecule has 1 aliphatic heterocycles. The maximum absolute atomic E-state index is 12.5. The summed E-state index contributed by atoms with van der Waals surface area (Å²) in [4.78, 5) is 14.9. The Hall–Kier alpha value is -2.00. The standard InChI is InChI=1S/C21H25IN2O4/c1-26-18-5-4-16(22)12-17(18)21(25)23-7-9-24-8-6-14-10-19(27-2)20(28-3)11-15(14)13-24/h4-5,10-12H,6-9,13H2,1-3H3,(H,23,25). The van der Waals surface area contributed by atoms with Crippen molar-refractivity contribution in [2.75, 3.05) is 41.0 Å². The Morgan fingerprint density at radius 1 is 1.04 bits per heavy atom. The second-order valence-corrected chi connectivity index (χ2v) is 7.85. The first-order valence-electron chi connectivity index (χ1n) is 9.13. The van der Waals surface area contributed by atoms with Crippen molar-refractivity contribution in [2.45, 2.75) is 13.0 Å². The first-order chi connectivity index (χ1) is 13.5. The molecule has 0 bridgehead atoms. The van der Waals surface area contributed by atoms with Gasteiger partial charge in [0.25, 0.3) is 5.91 Å². The van der Waals surface area contributed by atoms with E-state index >= 15 is 0 Å². The highest BCUT2D eigenvalue weighted by Crippen LogP contribution is 2.33. The van der Waals surface area contributed by atoms with Crippen LogP contribution in [0.2, 0.25) is 0 Å². The van der Waals surface area contributed by atoms with Crippen LogP contribution in [0.25, 0.3) is 0 Å². The number of hydrogen-bond donors (Lipinski definition) is 1. The first kappa shape index (κ1) is 20.7. The first-order valence-corrected chi connectivity index (χ1v) is 10.2. The highest BCUT2D eigenvalue weighted by Gasteiger charge is 2.20. The molecule has 150 valence electrons. The molecule has 0 aliphatic carbocycles. The van der Waals surface area contributed by atoms with Gasteiger partial charge in [0.2, 0.25) is 0 Å². The van der Waals surface area contributed by atoms with Crippen LogP contribution in [0.3, 0.4) is 0 Å². The zero-order chi connectivity index (χ0) is 20.1. The lowest BCUT2D eigenvalue weighted by Gasteiger charge is -2.29. The number of halogens is 1. The van der Waals surface area contributed by atoms with Gasteiger partial charge in [-0.1, -0.05) is 0 Å². The summed E-state index contributed by atoms with van der Waals surface area (Å²) >= 11 is 2.19. The van der Waals surface area contributed by atoms with Gasteiger partial charge in [0.05, 0.1) is 26.9 Å². The summed E-state index contributed by atoms with van der Waals surface area (Å²) in [7, 11) is 4.89. The van der Waals surface area contributed by atoms with Crippen LogP contribution < -0.4 is 19.5 Å². The fourth-order valence-corrected chi connectivity index (χ4v) is 3.90. The van der Waals surface area contributed by atoms with Gasteiger partial charge in [-0.05, 0) is 70.5 Å². The van der Waals surface area contributed by atoms with Crippen LogP contribution in [0, 0.1) is 3.57 Å². The molecule has 28 heavy (non-hydrogen) atoms. The largest absolute Gasteiger partial charge is 0.496 e. The van der Waals surface area contributed by atoms with E-state index in [1.807, 2.05) is 18.2 Å². The molecule has 1 N–H and O–H groups in total. The molecular weight excluding hydrogens is 471 g/mol. The molecule has 0 saturated carbocycles. The molecule has 7 heteroatoms. The van der Waals surface area contributed by atoms with E-state index in [-0.39, 0.29) is 5.91 Å². The number of amides is 1. The molecule has 1 heterocycles. The Balaban J connectivity index is 1.58. The van der Waals surface area contributed by atoms with Crippen molar-refractivity contribution in [3.8, 4) is 17.2 Å². The maximum atomic E-state index is 12.5. The lowest BCUT2D eigenvalue weighted by molar-refractivity contribution is 0.0944. The molecule has 0 unspecified atom stereocenters. The molecule has 1 aliphatic rings. The average Bonchev–Trinajstić information content (AvgIpc) is 2.72. The van der Waals surface area contributed by atoms with Crippen molar-refractivity contribution in [3.05, 3.63) is 50.6 Å². The molecule has 0 spiro atoms. The highest BCUT2D eigenvalue weighted by atomic mass is 127. The van der Waals surface area contributed by atoms with Gasteiger partial charge in [-0.2, -0.15) is 0 Å². The van der Waals surface area contributed by atoms with Crippen LogP contribution in [0.4, 0.5) is 0 Å². The molecule has 0 saturated heterocycles. The fraction of sp³-hybridized carbons (Fsp3) is 0.381. The Morgan fingerprint density at radius 3 is 2.39 bits per heavy atom. The molecule has 0 aromatic heterocycles. The summed E-state index contributed by atoms with van der Waals surface area (Å²) < 4.78 is 17.1. The number of ether oxygens (including phenoxy) is 3. The molecule has 0 fully saturated rings. The van der Waals surface area contributed by atoms with E-state index in [4.69, 9.17) is 14.2 Å². The minimum atomic E-state index is -0.112. The van der Waals surface area contributed by atoms with Crippen molar-refractivity contribution in [1.29, 1.82) is 0 Å². The molecule has 0 atom stereocenters. The second kappa shape index (κ2) is 9.47. The number of methoxy groups -OCH3 is 3. The normalized spacial score (nSPS) is 13.6. The number of nitrogens with zero attached hydrogens (tertiary/aromatic N) is 1. The Labute approximate surface area is 179 Å². The molecule has 3 rings (SSSR count). The van der Waals surface area contributed by atoms with Crippen molar-refractivity contribution in [2.24, 2.45) is 0 Å². The minimum absolute atomic E-state index is 0.112. The van der Waals surface area contributed by atoms with Crippen LogP contribution in [-0.2, 0) is 13.0 Å². The number of carbonyl (C=O) groups is 1. The predicted octanol–water partition coefficient (Wildman–Crippen LogP) is 3.11. The van der Waals surface area contributed by atoms with Crippen LogP contribution in [-0.4, -0.2) is 51.8 Å². The summed E-state index contributed by atoms with van der Waals surface area (Å²) in [5, 5.41) is 3.00. The number of fused-ring (bicyclic) bond motifs is 1. The third-order valence-electron chi connectivity index (χ3n) is 4.92. The molecule has 2 aromatic carbocycles. The van der Waals surface area contributed by atoms with Gasteiger partial charge in [-0.15, -0.1) is 0 Å². The predicted molar refractivity (Wildman–Crippen MR) is 117 cm³/mol. The summed E-state index contributed by atoms with van der Waals surface area (Å²) in [6.07, 6.45) is 0.953. The van der Waals surface area contributed by atoms with E-state index in [9.17, 15) is 4.79 Å². The molecule has 2 aromatic rings. The van der Waals surface area contributed by atoms with Gasteiger partial charge in [0.15, 0.2) is 11.5 Å². The zero-order valence-electron chi connectivity index (χ0n) is 16.4. The Morgan fingerprint density at radius 2 is 1.71 bits per heavy atom. The van der Waals surface area contributed by atoms with Crippen molar-refractivity contribution >= 4 is 28.5 Å². The maximum Gasteiger partial charge on any atom is 0.255 e. The number of carbonyl (C=O) groups excluding carboxylic acids is 1. The van der Waals surface area contributed by atoms with E-state index in [1.54, 1.807) is 21.3 Å². The van der Waals surface area contributed by atoms with Crippen LogP contribution in [0.15, 0.2) is 30.3 Å². The van der Waals surface area contributed by atoms with Crippen molar-refractivity contribution in [3.63, 3.8) is 0 Å². The second-order valence-electron chi connectivity index (χ2n) is 6.60. The molecule has 6 nitrogen and oxygen atoms in total. The van der Waals surface area contributed by atoms with Crippen LogP contribution in [0.5, 0.6) is 17.2 Å². The number of rotatable bonds is 7. The quantitative estimate of drug-likeness (QED) is 0.598. The molecule has 1 amide bonds. The zero-order valence-corrected chi connectivity index (χ0v) is 18.5. The van der Waals surface area contributed by atoms with Gasteiger partial charge >= 0.3 is 0 Å². The minimum Gasteiger partial charge on any atom is -0.496 e. The van der Waals surface area contributed by atoms with E-state index < -0.39 is 0 Å². The van der Waals surface area contributed by atoms with E-state index in [0.717, 1.165) is 41.1 Å². The number of nitrogens with one attached hydrogen (secondary N) is 1. The number of benzene rings is 2. The SMILES string of the molecule is COc1cc2c(cc1OC)CN(CCNC(=O)c1cc(I)ccc1OC)CC2. The monoisotopic (exact) mass is 496 g/mol. The summed E-state index contributed by atoms with van der Waals surface area (Å²) in [5.74, 6) is 2.00. The highest BCUT2D eigenvalue weighted by molar-refractivity contribution is 14.1. The van der Waals surface area contributed by atoms with Crippen LogP contribution >= 0.6 is 22.6 Å². The topological polar surface area (TPSA) is 60.0 Å². The summed E-state index contributed by atoms with van der Waals surface area (Å²) in [6, 6.07) is 9.70. The van der Waals surface area contributed by atoms with E-state index in [1.165, 1.54) is 11.1 Å². The van der Waals surface area contributed by atoms with E-state index in [2.05, 4.69) is 44.9 Å². The van der Waals surface area contributed by atoms with E-state index in [0.29, 0.717) is 17.9 Å². The van der Waals surface area contributed by atoms with Gasteiger partial charge < -0.3 is 19.5 Å². The van der Waals surface area contributed by atoms with Gasteiger partial charge in [0.1, 0.15) is 5.75 Å². The van der Waals surface area contributed by atoms with Gasteiger partial charge in [0, 0.05) is 29.7 Å². The van der Waals surface area contributed by atoms with Gasteiger partial charge in [-0.25, -0.2) is 0 Å². The van der Waals surface area contributed by atoms with Gasteiger partial charge in [-0.3, -0.25) is 9.69 Å². The van der Waals surface area contributed by atoms with Crippen LogP contribution in [0.1, 0.15) is 21.5 Å². The number of hydrogen-bond acceptors (Lipinski definition) is 5. The lowest BCUT2D eigenvalue weighted by atomic mass is 9.99. The average molecular weight is 496 g/mol. The van der Waals surface area contributed by atoms with Crippen molar-refractivity contribution in [1.82, 2.24) is 10.2 Å². The summed E-state index contributed by atoms with van der Waals surface area (Å²) in [5.41, 5.74) is 3.10. The molecular formula is C21H25IN2O4. The Kier molecular flexibility index (Phi) is 7.01. The summed E-state index contributed by atoms with van der Waals surface area (Å²) in [6.45, 7) is 3.14. The lowest BCUT2D eigenvalue weighted by Crippen LogP contribution is -2.38. The third-order valence-corrected chi connectivity index (χ3v) is 5.59.